The van der Waals surface area contributed by atoms with Gasteiger partial charge in [0.25, 0.3) is 5.91 Å². The van der Waals surface area contributed by atoms with Gasteiger partial charge < -0.3 is 5.32 Å². The third-order valence-electron chi connectivity index (χ3n) is 1.96. The summed E-state index contributed by atoms with van der Waals surface area (Å²) in [5.41, 5.74) is 1.18. The molecule has 1 amide bonds. The zero-order valence-electron chi connectivity index (χ0n) is 8.04. The van der Waals surface area contributed by atoms with Crippen LogP contribution in [0.5, 0.6) is 0 Å². The molecule has 0 saturated heterocycles. The summed E-state index contributed by atoms with van der Waals surface area (Å²) in [6.07, 6.45) is 0. The highest BCUT2D eigenvalue weighted by Gasteiger charge is 2.08. The van der Waals surface area contributed by atoms with Crippen LogP contribution in [0.15, 0.2) is 35.0 Å². The standard InChI is InChI=1S/C11H7Cl2NOS/c12-8-1-2-10(9(13)5-8)14-11(15)7-3-4-16-6-7/h1-6H,(H,14,15). The van der Waals surface area contributed by atoms with E-state index in [2.05, 4.69) is 5.32 Å². The van der Waals surface area contributed by atoms with Gasteiger partial charge in [0.15, 0.2) is 0 Å². The molecule has 16 heavy (non-hydrogen) atoms. The lowest BCUT2D eigenvalue weighted by Gasteiger charge is -2.06. The van der Waals surface area contributed by atoms with Gasteiger partial charge in [-0.05, 0) is 29.6 Å². The predicted octanol–water partition coefficient (Wildman–Crippen LogP) is 4.31. The lowest BCUT2D eigenvalue weighted by atomic mass is 10.3. The molecule has 1 aromatic heterocycles. The van der Waals surface area contributed by atoms with Crippen molar-refractivity contribution in [3.8, 4) is 0 Å². The number of nitrogens with one attached hydrogen (secondary N) is 1. The molecular weight excluding hydrogens is 265 g/mol. The molecular formula is C11H7Cl2NOS. The van der Waals surface area contributed by atoms with E-state index in [9.17, 15) is 4.79 Å². The predicted molar refractivity (Wildman–Crippen MR) is 68.7 cm³/mol. The molecule has 1 N–H and O–H groups in total. The first-order valence-electron chi connectivity index (χ1n) is 4.45. The molecule has 0 unspecified atom stereocenters. The van der Waals surface area contributed by atoms with Gasteiger partial charge in [0.05, 0.1) is 16.3 Å². The molecule has 82 valence electrons. The SMILES string of the molecule is O=C(Nc1ccc(Cl)cc1Cl)c1ccsc1. The van der Waals surface area contributed by atoms with E-state index in [1.165, 1.54) is 11.3 Å². The Morgan fingerprint density at radius 3 is 2.69 bits per heavy atom. The topological polar surface area (TPSA) is 29.1 Å². The van der Waals surface area contributed by atoms with Gasteiger partial charge in [-0.25, -0.2) is 0 Å². The molecule has 2 rings (SSSR count). The van der Waals surface area contributed by atoms with Crippen LogP contribution in [0.2, 0.25) is 10.0 Å². The van der Waals surface area contributed by atoms with Gasteiger partial charge in [-0.1, -0.05) is 23.2 Å². The minimum Gasteiger partial charge on any atom is -0.321 e. The van der Waals surface area contributed by atoms with Gasteiger partial charge in [0.1, 0.15) is 0 Å². The number of thiophene rings is 1. The van der Waals surface area contributed by atoms with E-state index in [1.807, 2.05) is 5.38 Å². The van der Waals surface area contributed by atoms with Crippen LogP contribution in [0.4, 0.5) is 5.69 Å². The Bertz CT molecular complexity index is 511. The first kappa shape index (κ1) is 11.5. The monoisotopic (exact) mass is 271 g/mol. The summed E-state index contributed by atoms with van der Waals surface area (Å²) in [6, 6.07) is 6.70. The third kappa shape index (κ3) is 2.55. The molecule has 2 nitrogen and oxygen atoms in total. The summed E-state index contributed by atoms with van der Waals surface area (Å²) in [5.74, 6) is -0.175. The number of anilines is 1. The van der Waals surface area contributed by atoms with E-state index in [4.69, 9.17) is 23.2 Å². The fourth-order valence-electron chi connectivity index (χ4n) is 1.18. The molecule has 0 aliphatic carbocycles. The molecule has 1 aromatic carbocycles. The van der Waals surface area contributed by atoms with Crippen LogP contribution in [0.25, 0.3) is 0 Å². The summed E-state index contributed by atoms with van der Waals surface area (Å²) in [5, 5.41) is 7.31. The van der Waals surface area contributed by atoms with Gasteiger partial charge in [0, 0.05) is 10.4 Å². The summed E-state index contributed by atoms with van der Waals surface area (Å²) in [7, 11) is 0. The molecule has 0 aliphatic rings. The Hall–Kier alpha value is -1.03. The largest absolute Gasteiger partial charge is 0.321 e. The van der Waals surface area contributed by atoms with Crippen molar-refractivity contribution in [2.45, 2.75) is 0 Å². The van der Waals surface area contributed by atoms with E-state index in [1.54, 1.807) is 29.6 Å². The van der Waals surface area contributed by atoms with E-state index < -0.39 is 0 Å². The first-order valence-corrected chi connectivity index (χ1v) is 6.15. The Kier molecular flexibility index (Phi) is 3.49. The van der Waals surface area contributed by atoms with Crippen molar-refractivity contribution < 1.29 is 4.79 Å². The van der Waals surface area contributed by atoms with Crippen LogP contribution in [0, 0.1) is 0 Å². The summed E-state index contributed by atoms with van der Waals surface area (Å²) in [4.78, 5) is 11.7. The number of carbonyl (C=O) groups excluding carboxylic acids is 1. The van der Waals surface area contributed by atoms with Gasteiger partial charge in [-0.3, -0.25) is 4.79 Å². The molecule has 0 fully saturated rings. The van der Waals surface area contributed by atoms with Gasteiger partial charge >= 0.3 is 0 Å². The maximum absolute atomic E-state index is 11.7. The fraction of sp³-hybridized carbons (Fsp3) is 0. The van der Waals surface area contributed by atoms with E-state index in [0.29, 0.717) is 21.3 Å². The normalized spacial score (nSPS) is 10.1. The molecule has 2 aromatic rings. The fourth-order valence-corrected chi connectivity index (χ4v) is 2.27. The second kappa shape index (κ2) is 4.87. The van der Waals surface area contributed by atoms with Crippen LogP contribution in [-0.4, -0.2) is 5.91 Å². The summed E-state index contributed by atoms with van der Waals surface area (Å²) < 4.78 is 0. The Labute approximate surface area is 107 Å². The minimum absolute atomic E-state index is 0.175. The van der Waals surface area contributed by atoms with Crippen molar-refractivity contribution in [1.82, 2.24) is 0 Å². The Morgan fingerprint density at radius 2 is 2.06 bits per heavy atom. The number of amides is 1. The lowest BCUT2D eigenvalue weighted by molar-refractivity contribution is 0.102. The molecule has 1 heterocycles. The number of hydrogen-bond donors (Lipinski definition) is 1. The highest BCUT2D eigenvalue weighted by atomic mass is 35.5. The summed E-state index contributed by atoms with van der Waals surface area (Å²) >= 11 is 13.2. The van der Waals surface area contributed by atoms with Crippen LogP contribution >= 0.6 is 34.5 Å². The van der Waals surface area contributed by atoms with Gasteiger partial charge in [0.2, 0.25) is 0 Å². The number of halogens is 2. The van der Waals surface area contributed by atoms with Crippen molar-refractivity contribution in [2.75, 3.05) is 5.32 Å². The highest BCUT2D eigenvalue weighted by molar-refractivity contribution is 7.08. The smallest absolute Gasteiger partial charge is 0.256 e. The molecule has 0 spiro atoms. The minimum atomic E-state index is -0.175. The average Bonchev–Trinajstić information content (AvgIpc) is 2.75. The lowest BCUT2D eigenvalue weighted by Crippen LogP contribution is -2.10. The van der Waals surface area contributed by atoms with Gasteiger partial charge in [-0.15, -0.1) is 0 Å². The first-order chi connectivity index (χ1) is 7.66. The Balaban J connectivity index is 2.18. The molecule has 0 saturated carbocycles. The second-order valence-electron chi connectivity index (χ2n) is 3.09. The quantitative estimate of drug-likeness (QED) is 0.867. The van der Waals surface area contributed by atoms with Crippen LogP contribution in [-0.2, 0) is 0 Å². The number of rotatable bonds is 2. The van der Waals surface area contributed by atoms with Crippen LogP contribution in [0.1, 0.15) is 10.4 Å². The molecule has 0 aliphatic heterocycles. The number of hydrogen-bond acceptors (Lipinski definition) is 2. The molecule has 0 atom stereocenters. The molecule has 0 radical (unpaired) electrons. The zero-order valence-corrected chi connectivity index (χ0v) is 10.4. The molecule has 5 heteroatoms. The highest BCUT2D eigenvalue weighted by Crippen LogP contribution is 2.25. The van der Waals surface area contributed by atoms with Crippen molar-refractivity contribution in [3.05, 3.63) is 50.6 Å². The van der Waals surface area contributed by atoms with Crippen molar-refractivity contribution in [2.24, 2.45) is 0 Å². The van der Waals surface area contributed by atoms with E-state index >= 15 is 0 Å². The summed E-state index contributed by atoms with van der Waals surface area (Å²) in [6.45, 7) is 0. The molecule has 0 bridgehead atoms. The van der Waals surface area contributed by atoms with Crippen molar-refractivity contribution >= 4 is 46.1 Å². The van der Waals surface area contributed by atoms with Crippen LogP contribution in [0.3, 0.4) is 0 Å². The van der Waals surface area contributed by atoms with E-state index in [0.717, 1.165) is 0 Å². The number of benzene rings is 1. The maximum atomic E-state index is 11.7. The van der Waals surface area contributed by atoms with E-state index in [-0.39, 0.29) is 5.91 Å². The zero-order chi connectivity index (χ0) is 11.5. The second-order valence-corrected chi connectivity index (χ2v) is 4.71. The third-order valence-corrected chi connectivity index (χ3v) is 3.19. The van der Waals surface area contributed by atoms with Crippen molar-refractivity contribution in [3.63, 3.8) is 0 Å². The van der Waals surface area contributed by atoms with Gasteiger partial charge in [-0.2, -0.15) is 11.3 Å². The Morgan fingerprint density at radius 1 is 1.25 bits per heavy atom. The van der Waals surface area contributed by atoms with Crippen LogP contribution < -0.4 is 5.32 Å². The van der Waals surface area contributed by atoms with Crippen molar-refractivity contribution in [1.29, 1.82) is 0 Å². The average molecular weight is 272 g/mol. The number of carbonyl (C=O) groups is 1. The maximum Gasteiger partial charge on any atom is 0.256 e.